The van der Waals surface area contributed by atoms with Crippen LogP contribution in [0.4, 0.5) is 13.2 Å². The highest BCUT2D eigenvalue weighted by Crippen LogP contribution is 2.32. The van der Waals surface area contributed by atoms with E-state index in [2.05, 4.69) is 0 Å². The summed E-state index contributed by atoms with van der Waals surface area (Å²) in [5.41, 5.74) is 0.280. The van der Waals surface area contributed by atoms with Crippen LogP contribution >= 0.6 is 0 Å². The molecule has 0 aliphatic carbocycles. The van der Waals surface area contributed by atoms with Gasteiger partial charge in [-0.3, -0.25) is 0 Å². The van der Waals surface area contributed by atoms with Crippen LogP contribution in [0, 0.1) is 6.92 Å². The van der Waals surface area contributed by atoms with Crippen molar-refractivity contribution in [2.24, 2.45) is 0 Å². The Balaban J connectivity index is 2.59. The number of methoxy groups -OCH3 is 1. The number of hydrogen-bond donors (Lipinski definition) is 1. The van der Waals surface area contributed by atoms with Crippen molar-refractivity contribution in [1.29, 1.82) is 0 Å². The number of halogens is 3. The molecule has 0 aliphatic rings. The van der Waals surface area contributed by atoms with Crippen LogP contribution in [0.2, 0.25) is 0 Å². The predicted octanol–water partition coefficient (Wildman–Crippen LogP) is 4.65. The topological polar surface area (TPSA) is 46.5 Å². The third-order valence-electron chi connectivity index (χ3n) is 3.40. The molecular formula is C18H15F3O3. The van der Waals surface area contributed by atoms with Gasteiger partial charge in [-0.2, -0.15) is 13.2 Å². The van der Waals surface area contributed by atoms with Crippen molar-refractivity contribution in [1.82, 2.24) is 0 Å². The smallest absolute Gasteiger partial charge is 0.416 e. The Kier molecular flexibility index (Phi) is 4.97. The van der Waals surface area contributed by atoms with E-state index in [1.807, 2.05) is 0 Å². The second-order valence-electron chi connectivity index (χ2n) is 5.19. The number of ether oxygens (including phenoxy) is 1. The SMILES string of the molecule is COc1ccc(C)cc1/C(=C/c1cccc(C(F)(F)F)c1)C(=O)O. The van der Waals surface area contributed by atoms with Crippen LogP contribution in [0.1, 0.15) is 22.3 Å². The fourth-order valence-electron chi connectivity index (χ4n) is 2.26. The number of aryl methyl sites for hydroxylation is 1. The van der Waals surface area contributed by atoms with Gasteiger partial charge in [-0.05, 0) is 42.8 Å². The molecule has 2 aromatic rings. The van der Waals surface area contributed by atoms with E-state index in [0.29, 0.717) is 11.3 Å². The van der Waals surface area contributed by atoms with Gasteiger partial charge in [0, 0.05) is 5.56 Å². The minimum absolute atomic E-state index is 0.144. The van der Waals surface area contributed by atoms with Gasteiger partial charge in [0.1, 0.15) is 5.75 Å². The second-order valence-corrected chi connectivity index (χ2v) is 5.19. The molecular weight excluding hydrogens is 321 g/mol. The molecule has 3 nitrogen and oxygen atoms in total. The number of carboxylic acid groups (broad SMARTS) is 1. The quantitative estimate of drug-likeness (QED) is 0.653. The number of hydrogen-bond acceptors (Lipinski definition) is 2. The molecule has 0 radical (unpaired) electrons. The zero-order chi connectivity index (χ0) is 17.9. The van der Waals surface area contributed by atoms with Crippen molar-refractivity contribution in [2.45, 2.75) is 13.1 Å². The van der Waals surface area contributed by atoms with Gasteiger partial charge in [0.15, 0.2) is 0 Å². The van der Waals surface area contributed by atoms with E-state index in [1.165, 1.54) is 25.3 Å². The summed E-state index contributed by atoms with van der Waals surface area (Å²) >= 11 is 0. The molecule has 126 valence electrons. The molecule has 0 amide bonds. The third kappa shape index (κ3) is 3.95. The van der Waals surface area contributed by atoms with E-state index in [4.69, 9.17) is 4.74 Å². The van der Waals surface area contributed by atoms with Gasteiger partial charge >= 0.3 is 12.1 Å². The molecule has 1 N–H and O–H groups in total. The van der Waals surface area contributed by atoms with Crippen LogP contribution in [-0.2, 0) is 11.0 Å². The minimum Gasteiger partial charge on any atom is -0.496 e. The van der Waals surface area contributed by atoms with Crippen molar-refractivity contribution in [3.05, 3.63) is 64.7 Å². The van der Waals surface area contributed by atoms with Gasteiger partial charge in [-0.1, -0.05) is 23.8 Å². The van der Waals surface area contributed by atoms with Gasteiger partial charge in [0.05, 0.1) is 18.2 Å². The lowest BCUT2D eigenvalue weighted by Crippen LogP contribution is -2.05. The van der Waals surface area contributed by atoms with Gasteiger partial charge in [-0.25, -0.2) is 4.79 Å². The Morgan fingerprint density at radius 2 is 1.88 bits per heavy atom. The zero-order valence-corrected chi connectivity index (χ0v) is 13.0. The number of carbonyl (C=O) groups is 1. The van der Waals surface area contributed by atoms with Gasteiger partial charge in [0.2, 0.25) is 0 Å². The zero-order valence-electron chi connectivity index (χ0n) is 13.0. The number of aliphatic carboxylic acids is 1. The van der Waals surface area contributed by atoms with Gasteiger partial charge < -0.3 is 9.84 Å². The molecule has 0 saturated carbocycles. The van der Waals surface area contributed by atoms with Crippen LogP contribution < -0.4 is 4.74 Å². The molecule has 0 unspecified atom stereocenters. The first-order valence-electron chi connectivity index (χ1n) is 6.99. The maximum atomic E-state index is 12.8. The van der Waals surface area contributed by atoms with Crippen LogP contribution in [0.3, 0.4) is 0 Å². The molecule has 24 heavy (non-hydrogen) atoms. The lowest BCUT2D eigenvalue weighted by atomic mass is 9.99. The van der Waals surface area contributed by atoms with Crippen molar-refractivity contribution >= 4 is 17.6 Å². The Bertz CT molecular complexity index is 792. The number of rotatable bonds is 4. The van der Waals surface area contributed by atoms with Gasteiger partial charge in [0.25, 0.3) is 0 Å². The standard InChI is InChI=1S/C18H15F3O3/c1-11-6-7-16(24-2)14(8-11)15(17(22)23)10-12-4-3-5-13(9-12)18(19,20)21/h3-10H,1-2H3,(H,22,23)/b15-10-. The fraction of sp³-hybridized carbons (Fsp3) is 0.167. The molecule has 2 rings (SSSR count). The van der Waals surface area contributed by atoms with Crippen LogP contribution in [-0.4, -0.2) is 18.2 Å². The molecule has 0 spiro atoms. The summed E-state index contributed by atoms with van der Waals surface area (Å²) in [7, 11) is 1.40. The molecule has 0 heterocycles. The summed E-state index contributed by atoms with van der Waals surface area (Å²) in [4.78, 5) is 11.6. The van der Waals surface area contributed by atoms with Crippen LogP contribution in [0.15, 0.2) is 42.5 Å². The molecule has 0 aliphatic heterocycles. The monoisotopic (exact) mass is 336 g/mol. The van der Waals surface area contributed by atoms with E-state index in [9.17, 15) is 23.1 Å². The molecule has 6 heteroatoms. The maximum Gasteiger partial charge on any atom is 0.416 e. The van der Waals surface area contributed by atoms with E-state index >= 15 is 0 Å². The van der Waals surface area contributed by atoms with Crippen LogP contribution in [0.25, 0.3) is 11.6 Å². The summed E-state index contributed by atoms with van der Waals surface area (Å²) in [5.74, 6) is -0.919. The van der Waals surface area contributed by atoms with E-state index in [-0.39, 0.29) is 11.1 Å². The van der Waals surface area contributed by atoms with Crippen molar-refractivity contribution < 1.29 is 27.8 Å². The first-order valence-corrected chi connectivity index (χ1v) is 6.99. The molecule has 0 saturated heterocycles. The summed E-state index contributed by atoms with van der Waals surface area (Å²) in [6, 6.07) is 9.49. The maximum absolute atomic E-state index is 12.8. The lowest BCUT2D eigenvalue weighted by Gasteiger charge is -2.11. The highest BCUT2D eigenvalue weighted by molar-refractivity contribution is 6.21. The predicted molar refractivity (Wildman–Crippen MR) is 84.7 cm³/mol. The Labute approximate surface area is 137 Å². The second kappa shape index (κ2) is 6.78. The number of benzene rings is 2. The summed E-state index contributed by atoms with van der Waals surface area (Å²) < 4.78 is 43.6. The highest BCUT2D eigenvalue weighted by atomic mass is 19.4. The van der Waals surface area contributed by atoms with E-state index in [1.54, 1.807) is 25.1 Å². The molecule has 0 atom stereocenters. The first kappa shape index (κ1) is 17.6. The summed E-state index contributed by atoms with van der Waals surface area (Å²) in [6.45, 7) is 1.78. The Morgan fingerprint density at radius 1 is 1.17 bits per heavy atom. The Hall–Kier alpha value is -2.76. The van der Waals surface area contributed by atoms with Crippen molar-refractivity contribution in [3.63, 3.8) is 0 Å². The third-order valence-corrected chi connectivity index (χ3v) is 3.40. The normalized spacial score (nSPS) is 12.1. The summed E-state index contributed by atoms with van der Waals surface area (Å²) in [5, 5.41) is 9.48. The molecule has 0 fully saturated rings. The molecule has 2 aromatic carbocycles. The fourth-order valence-corrected chi connectivity index (χ4v) is 2.26. The lowest BCUT2D eigenvalue weighted by molar-refractivity contribution is -0.137. The van der Waals surface area contributed by atoms with E-state index < -0.39 is 17.7 Å². The van der Waals surface area contributed by atoms with Crippen molar-refractivity contribution in [3.8, 4) is 5.75 Å². The number of alkyl halides is 3. The van der Waals surface area contributed by atoms with Crippen molar-refractivity contribution in [2.75, 3.05) is 7.11 Å². The first-order chi connectivity index (χ1) is 11.2. The average Bonchev–Trinajstić information content (AvgIpc) is 2.52. The largest absolute Gasteiger partial charge is 0.496 e. The Morgan fingerprint density at radius 3 is 2.46 bits per heavy atom. The highest BCUT2D eigenvalue weighted by Gasteiger charge is 2.30. The molecule has 0 aromatic heterocycles. The average molecular weight is 336 g/mol. The summed E-state index contributed by atoms with van der Waals surface area (Å²) in [6.07, 6.45) is -3.29. The minimum atomic E-state index is -4.49. The van der Waals surface area contributed by atoms with Crippen LogP contribution in [0.5, 0.6) is 5.75 Å². The molecule has 0 bridgehead atoms. The van der Waals surface area contributed by atoms with E-state index in [0.717, 1.165) is 17.7 Å². The number of carboxylic acids is 1. The van der Waals surface area contributed by atoms with Gasteiger partial charge in [-0.15, -0.1) is 0 Å².